The van der Waals surface area contributed by atoms with Crippen LogP contribution < -0.4 is 10.1 Å². The Morgan fingerprint density at radius 2 is 1.81 bits per heavy atom. The van der Waals surface area contributed by atoms with Crippen molar-refractivity contribution in [2.75, 3.05) is 12.4 Å². The number of para-hydroxylation sites is 1. The number of anilines is 1. The average molecular weight is 563 g/mol. The van der Waals surface area contributed by atoms with Crippen LogP contribution in [0.1, 0.15) is 30.0 Å². The average Bonchev–Trinajstić information content (AvgIpc) is 3.49. The van der Waals surface area contributed by atoms with Crippen molar-refractivity contribution >= 4 is 56.1 Å². The van der Waals surface area contributed by atoms with E-state index >= 15 is 0 Å². The minimum Gasteiger partial charge on any atom is -0.497 e. The fourth-order valence-electron chi connectivity index (χ4n) is 4.10. The number of benzene rings is 3. The van der Waals surface area contributed by atoms with E-state index in [1.54, 1.807) is 7.11 Å². The first-order valence-corrected chi connectivity index (χ1v) is 13.1. The molecule has 0 fully saturated rings. The Morgan fingerprint density at radius 1 is 1.08 bits per heavy atom. The van der Waals surface area contributed by atoms with E-state index in [1.165, 1.54) is 11.8 Å². The van der Waals surface area contributed by atoms with Crippen molar-refractivity contribution in [1.29, 1.82) is 0 Å². The van der Waals surface area contributed by atoms with E-state index in [4.69, 9.17) is 9.84 Å². The molecule has 0 aliphatic carbocycles. The molecule has 2 aliphatic heterocycles. The van der Waals surface area contributed by atoms with Gasteiger partial charge in [0.1, 0.15) is 11.0 Å². The number of carbonyl (C=O) groups excluding carboxylic acids is 2. The van der Waals surface area contributed by atoms with Crippen molar-refractivity contribution in [2.45, 2.75) is 24.1 Å². The molecule has 36 heavy (non-hydrogen) atoms. The Hall–Kier alpha value is -3.43. The van der Waals surface area contributed by atoms with Crippen LogP contribution in [0.2, 0.25) is 0 Å². The number of nitrogens with one attached hydrogen (secondary N) is 1. The summed E-state index contributed by atoms with van der Waals surface area (Å²) >= 11 is 4.78. The third-order valence-corrected chi connectivity index (χ3v) is 7.61. The highest BCUT2D eigenvalue weighted by atomic mass is 79.9. The molecule has 2 atom stereocenters. The maximum atomic E-state index is 12.8. The first-order valence-electron chi connectivity index (χ1n) is 11.4. The minimum atomic E-state index is -0.588. The monoisotopic (exact) mass is 562 g/mol. The predicted octanol–water partition coefficient (Wildman–Crippen LogP) is 5.64. The second-order valence-corrected chi connectivity index (χ2v) is 10.4. The second kappa shape index (κ2) is 10.7. The van der Waals surface area contributed by atoms with Gasteiger partial charge in [0.05, 0.1) is 18.9 Å². The smallest absolute Gasteiger partial charge is 0.262 e. The summed E-state index contributed by atoms with van der Waals surface area (Å²) in [6, 6.07) is 24.9. The molecule has 2 aliphatic rings. The molecule has 0 saturated heterocycles. The van der Waals surface area contributed by atoms with Crippen molar-refractivity contribution in [3.63, 3.8) is 0 Å². The highest BCUT2D eigenvalue weighted by Crippen LogP contribution is 2.39. The molecule has 3 aromatic rings. The van der Waals surface area contributed by atoms with E-state index in [-0.39, 0.29) is 24.3 Å². The molecular formula is C27H23BrN4O3S. The number of carbonyl (C=O) groups is 2. The van der Waals surface area contributed by atoms with Gasteiger partial charge in [0.2, 0.25) is 5.91 Å². The van der Waals surface area contributed by atoms with Gasteiger partial charge in [0, 0.05) is 23.0 Å². The molecule has 0 aromatic heterocycles. The van der Waals surface area contributed by atoms with Crippen LogP contribution in [0.4, 0.5) is 5.69 Å². The van der Waals surface area contributed by atoms with Gasteiger partial charge in [-0.25, -0.2) is 5.01 Å². The van der Waals surface area contributed by atoms with Crippen LogP contribution in [-0.2, 0) is 9.59 Å². The van der Waals surface area contributed by atoms with Gasteiger partial charge in [0.25, 0.3) is 5.91 Å². The fraction of sp³-hybridized carbons (Fsp3) is 0.185. The van der Waals surface area contributed by atoms with E-state index < -0.39 is 5.25 Å². The summed E-state index contributed by atoms with van der Waals surface area (Å²) in [7, 11) is 1.64. The van der Waals surface area contributed by atoms with Crippen LogP contribution >= 0.6 is 27.7 Å². The first-order chi connectivity index (χ1) is 17.5. The van der Waals surface area contributed by atoms with Gasteiger partial charge in [0.15, 0.2) is 5.17 Å². The van der Waals surface area contributed by atoms with Crippen LogP contribution in [0, 0.1) is 0 Å². The molecule has 0 saturated carbocycles. The molecular weight excluding hydrogens is 540 g/mol. The van der Waals surface area contributed by atoms with Gasteiger partial charge in [-0.3, -0.25) is 9.59 Å². The Labute approximate surface area is 221 Å². The molecule has 2 unspecified atom stereocenters. The second-order valence-electron chi connectivity index (χ2n) is 8.35. The number of hydrogen-bond donors (Lipinski definition) is 1. The van der Waals surface area contributed by atoms with Crippen molar-refractivity contribution in [1.82, 2.24) is 5.01 Å². The lowest BCUT2D eigenvalue weighted by Gasteiger charge is -2.23. The van der Waals surface area contributed by atoms with Crippen molar-refractivity contribution in [2.24, 2.45) is 10.1 Å². The highest BCUT2D eigenvalue weighted by molar-refractivity contribution is 9.10. The zero-order chi connectivity index (χ0) is 25.1. The van der Waals surface area contributed by atoms with Crippen molar-refractivity contribution in [3.8, 4) is 5.75 Å². The lowest BCUT2D eigenvalue weighted by atomic mass is 9.98. The van der Waals surface area contributed by atoms with Crippen LogP contribution in [0.25, 0.3) is 0 Å². The maximum absolute atomic E-state index is 12.8. The van der Waals surface area contributed by atoms with Gasteiger partial charge >= 0.3 is 0 Å². The van der Waals surface area contributed by atoms with E-state index in [1.807, 2.05) is 83.9 Å². The number of aliphatic imine (C=N–C) groups is 1. The first kappa shape index (κ1) is 24.3. The number of amidine groups is 1. The van der Waals surface area contributed by atoms with Gasteiger partial charge in [-0.15, -0.1) is 0 Å². The lowest BCUT2D eigenvalue weighted by Crippen LogP contribution is -2.25. The number of thioether (sulfide) groups is 1. The number of amides is 2. The van der Waals surface area contributed by atoms with Crippen molar-refractivity contribution < 1.29 is 14.3 Å². The van der Waals surface area contributed by atoms with E-state index in [9.17, 15) is 9.59 Å². The summed E-state index contributed by atoms with van der Waals surface area (Å²) in [5.74, 6) is 0.231. The molecule has 2 amide bonds. The standard InChI is InChI=1S/C27H23BrN4O3S/c1-35-21-13-9-17(10-14-21)22-15-23(18-7-11-19(28)12-8-18)32(31-22)27-30-26(34)24(36-27)16-25(33)29-20-5-3-2-4-6-20/h2-14,23-24H,15-16H2,1H3,(H,29,33). The van der Waals surface area contributed by atoms with Crippen LogP contribution in [0.3, 0.4) is 0 Å². The maximum Gasteiger partial charge on any atom is 0.262 e. The number of ether oxygens (including phenoxy) is 1. The van der Waals surface area contributed by atoms with E-state index in [0.717, 1.165) is 27.1 Å². The number of hydrazone groups is 1. The van der Waals surface area contributed by atoms with E-state index in [2.05, 4.69) is 26.2 Å². The molecule has 0 spiro atoms. The van der Waals surface area contributed by atoms with Crippen molar-refractivity contribution in [3.05, 3.63) is 94.5 Å². The summed E-state index contributed by atoms with van der Waals surface area (Å²) in [5, 5.41) is 9.46. The number of methoxy groups -OCH3 is 1. The molecule has 1 N–H and O–H groups in total. The van der Waals surface area contributed by atoms with E-state index in [0.29, 0.717) is 17.3 Å². The van der Waals surface area contributed by atoms with Gasteiger partial charge in [-0.1, -0.05) is 58.0 Å². The largest absolute Gasteiger partial charge is 0.497 e. The summed E-state index contributed by atoms with van der Waals surface area (Å²) in [6.45, 7) is 0. The number of nitrogens with zero attached hydrogens (tertiary/aromatic N) is 3. The predicted molar refractivity (Wildman–Crippen MR) is 146 cm³/mol. The lowest BCUT2D eigenvalue weighted by molar-refractivity contribution is -0.121. The molecule has 182 valence electrons. The molecule has 5 rings (SSSR count). The Kier molecular flexibility index (Phi) is 7.20. The topological polar surface area (TPSA) is 83.4 Å². The van der Waals surface area contributed by atoms with Crippen LogP contribution in [0.5, 0.6) is 5.75 Å². The quantitative estimate of drug-likeness (QED) is 0.420. The summed E-state index contributed by atoms with van der Waals surface area (Å²) < 4.78 is 6.27. The third kappa shape index (κ3) is 5.37. The van der Waals surface area contributed by atoms with Crippen LogP contribution in [-0.4, -0.2) is 40.1 Å². The van der Waals surface area contributed by atoms with Gasteiger partial charge in [-0.05, 0) is 59.7 Å². The molecule has 9 heteroatoms. The van der Waals surface area contributed by atoms with Gasteiger partial charge < -0.3 is 10.1 Å². The Balaban J connectivity index is 1.36. The summed E-state index contributed by atoms with van der Waals surface area (Å²) in [5.41, 5.74) is 3.63. The number of hydrogen-bond acceptors (Lipinski definition) is 6. The number of rotatable bonds is 6. The zero-order valence-electron chi connectivity index (χ0n) is 19.4. The minimum absolute atomic E-state index is 0.0389. The van der Waals surface area contributed by atoms with Crippen LogP contribution in [0.15, 0.2) is 93.4 Å². The number of halogens is 1. The molecule has 3 aromatic carbocycles. The molecule has 0 bridgehead atoms. The Morgan fingerprint density at radius 3 is 2.50 bits per heavy atom. The zero-order valence-corrected chi connectivity index (χ0v) is 21.8. The molecule has 0 radical (unpaired) electrons. The summed E-state index contributed by atoms with van der Waals surface area (Å²) in [4.78, 5) is 29.6. The highest BCUT2D eigenvalue weighted by Gasteiger charge is 2.39. The fourth-order valence-corrected chi connectivity index (χ4v) is 5.42. The molecule has 7 nitrogen and oxygen atoms in total. The molecule has 2 heterocycles. The Bertz CT molecular complexity index is 1330. The van der Waals surface area contributed by atoms with Gasteiger partial charge in [-0.2, -0.15) is 10.1 Å². The third-order valence-electron chi connectivity index (χ3n) is 5.94. The normalized spacial score (nSPS) is 19.2. The SMILES string of the molecule is COc1ccc(C2=NN(C3=NC(=O)C(CC(=O)Nc4ccccc4)S3)C(c3ccc(Br)cc3)C2)cc1. The summed E-state index contributed by atoms with van der Waals surface area (Å²) in [6.07, 6.45) is 0.693.